The number of amides is 1. The van der Waals surface area contributed by atoms with Crippen LogP contribution in [0.25, 0.3) is 11.0 Å². The Balaban J connectivity index is 1.45. The van der Waals surface area contributed by atoms with Crippen molar-refractivity contribution in [1.82, 2.24) is 14.9 Å². The van der Waals surface area contributed by atoms with E-state index in [-0.39, 0.29) is 16.7 Å². The average molecular weight is 492 g/mol. The predicted octanol–water partition coefficient (Wildman–Crippen LogP) is 7.07. The van der Waals surface area contributed by atoms with Gasteiger partial charge in [0.15, 0.2) is 0 Å². The van der Waals surface area contributed by atoms with E-state index in [4.69, 9.17) is 9.72 Å². The second-order valence-electron chi connectivity index (χ2n) is 11.8. The molecule has 0 bridgehead atoms. The maximum Gasteiger partial charge on any atom is 0.225 e. The Morgan fingerprint density at radius 1 is 0.889 bits per heavy atom. The molecule has 0 aliphatic rings. The molecule has 0 aliphatic carbocycles. The number of aromatic nitrogens is 2. The first kappa shape index (κ1) is 27.8. The van der Waals surface area contributed by atoms with Gasteiger partial charge in [-0.3, -0.25) is 4.79 Å². The van der Waals surface area contributed by atoms with E-state index >= 15 is 0 Å². The van der Waals surface area contributed by atoms with Crippen LogP contribution in [0.15, 0.2) is 48.5 Å². The number of fused-ring (bicyclic) bond motifs is 1. The molecule has 196 valence electrons. The van der Waals surface area contributed by atoms with Crippen molar-refractivity contribution >= 4 is 16.9 Å². The fraction of sp³-hybridized carbons (Fsp3) is 0.548. The van der Waals surface area contributed by atoms with Crippen LogP contribution in [0.3, 0.4) is 0 Å². The third-order valence-corrected chi connectivity index (χ3v) is 6.54. The van der Waals surface area contributed by atoms with Gasteiger partial charge in [-0.25, -0.2) is 4.98 Å². The zero-order valence-corrected chi connectivity index (χ0v) is 23.2. The smallest absolute Gasteiger partial charge is 0.225 e. The van der Waals surface area contributed by atoms with E-state index in [1.165, 1.54) is 11.1 Å². The lowest BCUT2D eigenvalue weighted by Crippen LogP contribution is -2.35. The van der Waals surface area contributed by atoms with Gasteiger partial charge in [0.2, 0.25) is 5.91 Å². The normalized spacial score (nSPS) is 12.2. The highest BCUT2D eigenvalue weighted by Crippen LogP contribution is 2.24. The molecule has 0 radical (unpaired) electrons. The number of aryl methyl sites for hydroxylation is 2. The summed E-state index contributed by atoms with van der Waals surface area (Å²) in [5, 5.41) is 3.04. The molecule has 1 aromatic heterocycles. The molecule has 1 heterocycles. The summed E-state index contributed by atoms with van der Waals surface area (Å²) in [6.07, 6.45) is 6.15. The molecule has 36 heavy (non-hydrogen) atoms. The van der Waals surface area contributed by atoms with Crippen molar-refractivity contribution in [3.8, 4) is 5.75 Å². The molecule has 0 aliphatic heterocycles. The van der Waals surface area contributed by atoms with Crippen LogP contribution in [0.2, 0.25) is 0 Å². The van der Waals surface area contributed by atoms with Crippen molar-refractivity contribution in [3.63, 3.8) is 0 Å². The monoisotopic (exact) mass is 491 g/mol. The van der Waals surface area contributed by atoms with Crippen molar-refractivity contribution in [3.05, 3.63) is 59.9 Å². The molecule has 1 N–H and O–H groups in total. The van der Waals surface area contributed by atoms with E-state index in [2.05, 4.69) is 79.2 Å². The number of hydrogen-bond donors (Lipinski definition) is 1. The van der Waals surface area contributed by atoms with E-state index in [1.54, 1.807) is 0 Å². The minimum atomic E-state index is -0.327. The molecule has 0 atom stereocenters. The van der Waals surface area contributed by atoms with Gasteiger partial charge in [0, 0.05) is 24.9 Å². The lowest BCUT2D eigenvalue weighted by Gasteiger charge is -2.19. The number of carbonyl (C=O) groups excluding carboxylic acids is 1. The predicted molar refractivity (Wildman–Crippen MR) is 150 cm³/mol. The Kier molecular flexibility index (Phi) is 9.58. The van der Waals surface area contributed by atoms with Crippen LogP contribution in [0, 0.1) is 5.41 Å². The van der Waals surface area contributed by atoms with Crippen molar-refractivity contribution < 1.29 is 9.53 Å². The van der Waals surface area contributed by atoms with E-state index in [9.17, 15) is 4.79 Å². The standard InChI is InChI=1S/C31H45N3O2/c1-30(2,3)24-17-19-25(20-18-24)36-23-13-12-22-34-27-15-10-9-14-26(27)33-28(34)16-8-7-11-21-32-29(35)31(4,5)6/h9-10,14-15,17-20H,7-8,11-13,16,21-23H2,1-6H3,(H,32,35). The third-order valence-electron chi connectivity index (χ3n) is 6.54. The van der Waals surface area contributed by atoms with Crippen LogP contribution in [-0.2, 0) is 23.2 Å². The van der Waals surface area contributed by atoms with Crippen LogP contribution < -0.4 is 10.1 Å². The van der Waals surface area contributed by atoms with Gasteiger partial charge < -0.3 is 14.6 Å². The molecule has 2 aromatic carbocycles. The highest BCUT2D eigenvalue weighted by atomic mass is 16.5. The summed E-state index contributed by atoms with van der Waals surface area (Å²) in [5.74, 6) is 2.22. The topological polar surface area (TPSA) is 56.2 Å². The van der Waals surface area contributed by atoms with Gasteiger partial charge in [-0.2, -0.15) is 0 Å². The van der Waals surface area contributed by atoms with Crippen LogP contribution in [0.5, 0.6) is 5.75 Å². The van der Waals surface area contributed by atoms with Crippen molar-refractivity contribution in [2.75, 3.05) is 13.2 Å². The average Bonchev–Trinajstić information content (AvgIpc) is 3.17. The molecule has 5 nitrogen and oxygen atoms in total. The largest absolute Gasteiger partial charge is 0.494 e. The van der Waals surface area contributed by atoms with Gasteiger partial charge in [0.1, 0.15) is 11.6 Å². The molecule has 3 aromatic rings. The van der Waals surface area contributed by atoms with Crippen molar-refractivity contribution in [2.45, 2.75) is 92.0 Å². The summed E-state index contributed by atoms with van der Waals surface area (Å²) in [6.45, 7) is 14.9. The first-order valence-electron chi connectivity index (χ1n) is 13.5. The van der Waals surface area contributed by atoms with E-state index in [0.717, 1.165) is 75.3 Å². The Labute approximate surface area is 217 Å². The Morgan fingerprint density at radius 2 is 1.61 bits per heavy atom. The zero-order chi connectivity index (χ0) is 26.2. The molecule has 3 rings (SSSR count). The summed E-state index contributed by atoms with van der Waals surface area (Å²) in [4.78, 5) is 16.9. The highest BCUT2D eigenvalue weighted by molar-refractivity contribution is 5.81. The van der Waals surface area contributed by atoms with Gasteiger partial charge in [-0.15, -0.1) is 0 Å². The number of carbonyl (C=O) groups is 1. The van der Waals surface area contributed by atoms with Crippen LogP contribution in [-0.4, -0.2) is 28.6 Å². The molecule has 0 saturated heterocycles. The van der Waals surface area contributed by atoms with Crippen LogP contribution in [0.1, 0.15) is 85.0 Å². The lowest BCUT2D eigenvalue weighted by molar-refractivity contribution is -0.128. The van der Waals surface area contributed by atoms with E-state index in [1.807, 2.05) is 20.8 Å². The Morgan fingerprint density at radius 3 is 2.31 bits per heavy atom. The number of rotatable bonds is 12. The number of ether oxygens (including phenoxy) is 1. The summed E-state index contributed by atoms with van der Waals surface area (Å²) in [5.41, 5.74) is 3.44. The molecule has 0 spiro atoms. The number of unbranched alkanes of at least 4 members (excludes halogenated alkanes) is 3. The summed E-state index contributed by atoms with van der Waals surface area (Å²) >= 11 is 0. The lowest BCUT2D eigenvalue weighted by atomic mass is 9.87. The number of nitrogens with zero attached hydrogens (tertiary/aromatic N) is 2. The Hall–Kier alpha value is -2.82. The second kappa shape index (κ2) is 12.4. The number of para-hydroxylation sites is 2. The van der Waals surface area contributed by atoms with E-state index < -0.39 is 0 Å². The first-order chi connectivity index (χ1) is 17.1. The molecule has 1 amide bonds. The van der Waals surface area contributed by atoms with Crippen LogP contribution >= 0.6 is 0 Å². The van der Waals surface area contributed by atoms with E-state index in [0.29, 0.717) is 0 Å². The fourth-order valence-corrected chi connectivity index (χ4v) is 4.23. The Bertz CT molecular complexity index is 1100. The van der Waals surface area contributed by atoms with Crippen molar-refractivity contribution in [1.29, 1.82) is 0 Å². The quantitative estimate of drug-likeness (QED) is 0.276. The van der Waals surface area contributed by atoms with Crippen LogP contribution in [0.4, 0.5) is 0 Å². The maximum atomic E-state index is 12.0. The molecule has 0 unspecified atom stereocenters. The maximum absolute atomic E-state index is 12.0. The summed E-state index contributed by atoms with van der Waals surface area (Å²) < 4.78 is 8.38. The minimum Gasteiger partial charge on any atom is -0.494 e. The second-order valence-corrected chi connectivity index (χ2v) is 11.8. The zero-order valence-electron chi connectivity index (χ0n) is 23.2. The van der Waals surface area contributed by atoms with Gasteiger partial charge in [0.25, 0.3) is 0 Å². The number of hydrogen-bond acceptors (Lipinski definition) is 3. The molecule has 5 heteroatoms. The number of nitrogens with one attached hydrogen (secondary N) is 1. The number of imidazole rings is 1. The summed E-state index contributed by atoms with van der Waals surface area (Å²) in [7, 11) is 0. The fourth-order valence-electron chi connectivity index (χ4n) is 4.23. The first-order valence-corrected chi connectivity index (χ1v) is 13.5. The van der Waals surface area contributed by atoms with Gasteiger partial charge in [-0.1, -0.05) is 72.2 Å². The van der Waals surface area contributed by atoms with Gasteiger partial charge in [-0.05, 0) is 60.9 Å². The molecule has 0 saturated carbocycles. The molecular weight excluding hydrogens is 446 g/mol. The van der Waals surface area contributed by atoms with Crippen molar-refractivity contribution in [2.24, 2.45) is 5.41 Å². The van der Waals surface area contributed by atoms with Gasteiger partial charge in [0.05, 0.1) is 17.6 Å². The SMILES string of the molecule is CC(C)(C)C(=O)NCCCCCc1nc2ccccc2n1CCCCOc1ccc(C(C)(C)C)cc1. The molecular formula is C31H45N3O2. The van der Waals surface area contributed by atoms with Gasteiger partial charge >= 0.3 is 0 Å². The highest BCUT2D eigenvalue weighted by Gasteiger charge is 2.20. The molecule has 0 fully saturated rings. The third kappa shape index (κ3) is 8.11. The summed E-state index contributed by atoms with van der Waals surface area (Å²) in [6, 6.07) is 16.9. The number of benzene rings is 2. The minimum absolute atomic E-state index is 0.121.